The summed E-state index contributed by atoms with van der Waals surface area (Å²) in [4.78, 5) is 45.0. The van der Waals surface area contributed by atoms with E-state index in [4.69, 9.17) is 31.4 Å². The van der Waals surface area contributed by atoms with Crippen LogP contribution >= 0.6 is 0 Å². The van der Waals surface area contributed by atoms with Crippen LogP contribution in [0.25, 0.3) is 44.1 Å². The van der Waals surface area contributed by atoms with Crippen LogP contribution in [0.3, 0.4) is 0 Å². The molecule has 6 aromatic rings. The Kier molecular flexibility index (Phi) is 8.69. The average molecular weight is 613 g/mol. The van der Waals surface area contributed by atoms with Crippen LogP contribution in [0.2, 0.25) is 0 Å². The summed E-state index contributed by atoms with van der Waals surface area (Å²) >= 11 is 0. The van der Waals surface area contributed by atoms with Gasteiger partial charge in [0, 0.05) is 24.5 Å². The molecule has 10 nitrogen and oxygen atoms in total. The predicted octanol–water partition coefficient (Wildman–Crippen LogP) is 5.35. The number of allylic oxidation sites excluding steroid dienone is 2. The number of amides is 2. The summed E-state index contributed by atoms with van der Waals surface area (Å²) in [5.41, 5.74) is 22.4. The number of nitrogens with zero attached hydrogens (tertiary/aromatic N) is 4. The molecule has 0 aliphatic carbocycles. The van der Waals surface area contributed by atoms with E-state index in [9.17, 15) is 9.59 Å². The number of nitrogens with two attached hydrogens (primary N) is 2. The summed E-state index contributed by atoms with van der Waals surface area (Å²) in [6.07, 6.45) is 2.34. The normalized spacial score (nSPS) is 12.0. The van der Waals surface area contributed by atoms with Crippen molar-refractivity contribution in [2.75, 3.05) is 13.1 Å². The summed E-state index contributed by atoms with van der Waals surface area (Å²) < 4.78 is 0. The summed E-state index contributed by atoms with van der Waals surface area (Å²) in [5, 5.41) is 5.94. The molecule has 0 unspecified atom stereocenters. The Bertz CT molecular complexity index is 2010. The number of aromatic nitrogens is 4. The van der Waals surface area contributed by atoms with Crippen LogP contribution in [0.5, 0.6) is 0 Å². The lowest BCUT2D eigenvalue weighted by Crippen LogP contribution is -2.26. The average Bonchev–Trinajstić information content (AvgIpc) is 3.06. The Morgan fingerprint density at radius 2 is 0.913 bits per heavy atom. The van der Waals surface area contributed by atoms with E-state index in [0.29, 0.717) is 83.4 Å². The second kappa shape index (κ2) is 13.2. The number of aryl methyl sites for hydroxylation is 2. The zero-order chi connectivity index (χ0) is 32.2. The third-order valence-corrected chi connectivity index (χ3v) is 8.11. The summed E-state index contributed by atoms with van der Waals surface area (Å²) in [6.45, 7) is 4.83. The molecule has 2 amide bonds. The van der Waals surface area contributed by atoms with Crippen molar-refractivity contribution in [3.05, 3.63) is 106 Å². The first-order valence-corrected chi connectivity index (χ1v) is 15.4. The van der Waals surface area contributed by atoms with Crippen molar-refractivity contribution in [1.82, 2.24) is 30.6 Å². The minimum atomic E-state index is -0.209. The molecular weight excluding hydrogens is 576 g/mol. The molecule has 0 saturated heterocycles. The Morgan fingerprint density at radius 3 is 1.33 bits per heavy atom. The van der Waals surface area contributed by atoms with Crippen molar-refractivity contribution in [3.63, 3.8) is 0 Å². The zero-order valence-corrected chi connectivity index (χ0v) is 25.9. The van der Waals surface area contributed by atoms with Crippen molar-refractivity contribution >= 4 is 55.9 Å². The van der Waals surface area contributed by atoms with Crippen molar-refractivity contribution in [2.45, 2.75) is 39.5 Å². The molecule has 0 bridgehead atoms. The fourth-order valence-corrected chi connectivity index (χ4v) is 5.56. The third kappa shape index (κ3) is 6.28. The summed E-state index contributed by atoms with van der Waals surface area (Å²) in [5.74, 6) is -0.417. The molecule has 46 heavy (non-hydrogen) atoms. The lowest BCUT2D eigenvalue weighted by Gasteiger charge is -2.11. The van der Waals surface area contributed by atoms with Gasteiger partial charge in [0.05, 0.1) is 44.2 Å². The molecule has 0 aliphatic heterocycles. The number of carbonyl (C=O) groups is 2. The number of nitrogens with one attached hydrogen (secondary N) is 2. The molecule has 0 fully saturated rings. The molecule has 6 rings (SSSR count). The SMILES string of the molecule is Cc1cccc2nc3cccc(C(=O)NCCC/C(N)=C(\N)CCCNC(=O)c4cccc5nc6cccc(C)c6nc45)c3nc12. The van der Waals surface area contributed by atoms with Crippen LogP contribution in [0.4, 0.5) is 0 Å². The van der Waals surface area contributed by atoms with Crippen molar-refractivity contribution in [3.8, 4) is 0 Å². The molecule has 0 radical (unpaired) electrons. The van der Waals surface area contributed by atoms with Crippen molar-refractivity contribution < 1.29 is 9.59 Å². The molecule has 0 aliphatic rings. The molecule has 0 spiro atoms. The van der Waals surface area contributed by atoms with Crippen molar-refractivity contribution in [1.29, 1.82) is 0 Å². The van der Waals surface area contributed by atoms with E-state index in [-0.39, 0.29) is 11.8 Å². The highest BCUT2D eigenvalue weighted by molar-refractivity contribution is 6.07. The Labute approximate surface area is 266 Å². The van der Waals surface area contributed by atoms with E-state index in [1.807, 2.05) is 74.5 Å². The molecule has 10 heteroatoms. The molecule has 0 saturated carbocycles. The first-order chi connectivity index (χ1) is 22.3. The molecular formula is C36H36N8O2. The number of para-hydroxylation sites is 4. The minimum absolute atomic E-state index is 0.209. The van der Waals surface area contributed by atoms with E-state index in [1.165, 1.54) is 0 Å². The topological polar surface area (TPSA) is 162 Å². The van der Waals surface area contributed by atoms with E-state index in [0.717, 1.165) is 33.2 Å². The van der Waals surface area contributed by atoms with Crippen LogP contribution in [0.15, 0.2) is 84.2 Å². The molecule has 0 atom stereocenters. The van der Waals surface area contributed by atoms with Gasteiger partial charge in [-0.15, -0.1) is 0 Å². The maximum Gasteiger partial charge on any atom is 0.253 e. The summed E-state index contributed by atoms with van der Waals surface area (Å²) in [7, 11) is 0. The first kappa shape index (κ1) is 30.4. The Balaban J connectivity index is 0.993. The van der Waals surface area contributed by atoms with E-state index < -0.39 is 0 Å². The van der Waals surface area contributed by atoms with Gasteiger partial charge in [-0.3, -0.25) is 9.59 Å². The zero-order valence-electron chi connectivity index (χ0n) is 25.9. The second-order valence-electron chi connectivity index (χ2n) is 11.4. The van der Waals surface area contributed by atoms with Crippen LogP contribution < -0.4 is 22.1 Å². The van der Waals surface area contributed by atoms with Gasteiger partial charge in [-0.1, -0.05) is 36.4 Å². The number of benzene rings is 4. The predicted molar refractivity (Wildman–Crippen MR) is 182 cm³/mol. The minimum Gasteiger partial charge on any atom is -0.401 e. The van der Waals surface area contributed by atoms with Gasteiger partial charge < -0.3 is 22.1 Å². The highest BCUT2D eigenvalue weighted by Gasteiger charge is 2.15. The van der Waals surface area contributed by atoms with Crippen LogP contribution in [0, 0.1) is 13.8 Å². The fraction of sp³-hybridized carbons (Fsp3) is 0.222. The maximum absolute atomic E-state index is 13.0. The molecule has 232 valence electrons. The van der Waals surface area contributed by atoms with Crippen molar-refractivity contribution in [2.24, 2.45) is 11.5 Å². The van der Waals surface area contributed by atoms with Crippen LogP contribution in [-0.4, -0.2) is 44.8 Å². The van der Waals surface area contributed by atoms with E-state index >= 15 is 0 Å². The van der Waals surface area contributed by atoms with Crippen LogP contribution in [-0.2, 0) is 0 Å². The molecule has 6 N–H and O–H groups in total. The van der Waals surface area contributed by atoms with Gasteiger partial charge in [0.2, 0.25) is 0 Å². The van der Waals surface area contributed by atoms with Gasteiger partial charge in [0.15, 0.2) is 0 Å². The summed E-state index contributed by atoms with van der Waals surface area (Å²) in [6, 6.07) is 22.6. The van der Waals surface area contributed by atoms with Gasteiger partial charge in [0.1, 0.15) is 11.0 Å². The largest absolute Gasteiger partial charge is 0.401 e. The van der Waals surface area contributed by atoms with Crippen LogP contribution in [0.1, 0.15) is 57.5 Å². The van der Waals surface area contributed by atoms with Gasteiger partial charge in [-0.2, -0.15) is 0 Å². The standard InChI is InChI=1S/C36H36N8O2/c1-21-9-3-15-27-31(21)43-33-23(11-5-17-29(33)41-27)35(45)39-19-7-13-25(37)26(38)14-8-20-40-36(46)24-12-6-18-30-34(24)44-32-22(2)10-4-16-28(32)42-30/h3-6,9-12,15-18H,7-8,13-14,19-20,37-38H2,1-2H3,(H,39,45)(H,40,46)/b26-25+. The molecule has 4 aromatic carbocycles. The number of rotatable bonds is 10. The smallest absolute Gasteiger partial charge is 0.253 e. The van der Waals surface area contributed by atoms with Gasteiger partial charge >= 0.3 is 0 Å². The van der Waals surface area contributed by atoms with Gasteiger partial charge in [-0.25, -0.2) is 19.9 Å². The monoisotopic (exact) mass is 612 g/mol. The molecule has 2 heterocycles. The molecule has 2 aromatic heterocycles. The van der Waals surface area contributed by atoms with E-state index in [1.54, 1.807) is 12.1 Å². The lowest BCUT2D eigenvalue weighted by molar-refractivity contribution is 0.0946. The number of hydrogen-bond donors (Lipinski definition) is 4. The Morgan fingerprint density at radius 1 is 0.543 bits per heavy atom. The second-order valence-corrected chi connectivity index (χ2v) is 11.4. The first-order valence-electron chi connectivity index (χ1n) is 15.4. The number of carbonyl (C=O) groups excluding carboxylic acids is 2. The fourth-order valence-electron chi connectivity index (χ4n) is 5.56. The number of hydrogen-bond acceptors (Lipinski definition) is 8. The Hall–Kier alpha value is -5.64. The highest BCUT2D eigenvalue weighted by Crippen LogP contribution is 2.23. The number of fused-ring (bicyclic) bond motifs is 4. The third-order valence-electron chi connectivity index (χ3n) is 8.11. The van der Waals surface area contributed by atoms with E-state index in [2.05, 4.69) is 10.6 Å². The van der Waals surface area contributed by atoms with Gasteiger partial charge in [-0.05, 0) is 87.1 Å². The quantitative estimate of drug-likeness (QED) is 0.119. The highest BCUT2D eigenvalue weighted by atomic mass is 16.2. The maximum atomic E-state index is 13.0. The lowest BCUT2D eigenvalue weighted by atomic mass is 10.1. The van der Waals surface area contributed by atoms with Gasteiger partial charge in [0.25, 0.3) is 11.8 Å².